The first-order chi connectivity index (χ1) is 23.2. The van der Waals surface area contributed by atoms with Crippen molar-refractivity contribution in [2.24, 2.45) is 5.41 Å². The number of aryl methyl sites for hydroxylation is 2. The Bertz CT molecular complexity index is 1710. The number of fused-ring (bicyclic) bond motifs is 3. The average Bonchev–Trinajstić information content (AvgIpc) is 3.39. The standard InChI is InChI=1S/C39H52N6O4/c1-24-32(34(43-18-14-39(6,7)15-19-43)33(25(2)41-24)35(36(46)47)49-38(3,4)5)27-8-9-28-21-44(17-13-26(28)20-27)31-12-16-40-37(42-31)45-22-29-10-11-30(23-45)48-29/h8-9,12,16,20,29-30,35H,10-11,13-15,17-19,21-23H2,1-7H3,(H,46,47)/t29?,30?,35-/m0/s1. The van der Waals surface area contributed by atoms with E-state index in [9.17, 15) is 9.90 Å². The third-order valence-corrected chi connectivity index (χ3v) is 10.8. The number of morpholine rings is 1. The molecule has 0 spiro atoms. The second-order valence-corrected chi connectivity index (χ2v) is 16.3. The lowest BCUT2D eigenvalue weighted by molar-refractivity contribution is -0.160. The normalized spacial score (nSPS) is 22.6. The molecule has 10 heteroatoms. The number of aromatic nitrogens is 3. The van der Waals surface area contributed by atoms with Crippen LogP contribution in [-0.4, -0.2) is 76.6 Å². The van der Waals surface area contributed by atoms with Crippen molar-refractivity contribution < 1.29 is 19.4 Å². The van der Waals surface area contributed by atoms with Crippen LogP contribution in [-0.2, 0) is 27.2 Å². The van der Waals surface area contributed by atoms with Gasteiger partial charge in [0.2, 0.25) is 5.95 Å². The topological polar surface area (TPSA) is 104 Å². The quantitative estimate of drug-likeness (QED) is 0.294. The van der Waals surface area contributed by atoms with E-state index >= 15 is 0 Å². The summed E-state index contributed by atoms with van der Waals surface area (Å²) >= 11 is 0. The van der Waals surface area contributed by atoms with E-state index in [0.717, 1.165) is 106 Å². The van der Waals surface area contributed by atoms with Gasteiger partial charge in [0.25, 0.3) is 0 Å². The molecule has 2 aromatic heterocycles. The van der Waals surface area contributed by atoms with Gasteiger partial charge in [0, 0.05) is 68.0 Å². The van der Waals surface area contributed by atoms with Gasteiger partial charge in [0.15, 0.2) is 6.10 Å². The van der Waals surface area contributed by atoms with Gasteiger partial charge in [-0.05, 0) is 94.9 Å². The SMILES string of the molecule is Cc1nc(C)c([C@H](OC(C)(C)C)C(=O)O)c(N2CCC(C)(C)CC2)c1-c1ccc2c(c1)CCN(c1ccnc(N3CC4CCC(C3)O4)n1)C2. The van der Waals surface area contributed by atoms with Crippen molar-refractivity contribution in [3.63, 3.8) is 0 Å². The smallest absolute Gasteiger partial charge is 0.337 e. The number of nitrogens with zero attached hydrogens (tertiary/aromatic N) is 6. The first-order valence-corrected chi connectivity index (χ1v) is 18.0. The van der Waals surface area contributed by atoms with Crippen molar-refractivity contribution in [1.29, 1.82) is 0 Å². The molecule has 0 radical (unpaired) electrons. The maximum absolute atomic E-state index is 12.9. The molecule has 1 aromatic carbocycles. The lowest BCUT2D eigenvalue weighted by Crippen LogP contribution is -2.43. The van der Waals surface area contributed by atoms with Crippen LogP contribution in [0.5, 0.6) is 0 Å². The van der Waals surface area contributed by atoms with Crippen molar-refractivity contribution in [2.45, 2.75) is 111 Å². The molecule has 4 aliphatic heterocycles. The number of pyridine rings is 1. The van der Waals surface area contributed by atoms with Crippen molar-refractivity contribution in [3.05, 3.63) is 58.5 Å². The Balaban J connectivity index is 1.22. The van der Waals surface area contributed by atoms with Crippen molar-refractivity contribution >= 4 is 23.4 Å². The molecule has 0 saturated carbocycles. The summed E-state index contributed by atoms with van der Waals surface area (Å²) in [5.74, 6) is 0.754. The summed E-state index contributed by atoms with van der Waals surface area (Å²) in [5, 5.41) is 10.6. The van der Waals surface area contributed by atoms with Crippen molar-refractivity contribution in [3.8, 4) is 11.1 Å². The monoisotopic (exact) mass is 668 g/mol. The first-order valence-electron chi connectivity index (χ1n) is 18.0. The minimum Gasteiger partial charge on any atom is -0.479 e. The number of carbonyl (C=O) groups is 1. The number of rotatable bonds is 7. The summed E-state index contributed by atoms with van der Waals surface area (Å²) in [6, 6.07) is 8.76. The molecule has 3 saturated heterocycles. The number of hydrogen-bond acceptors (Lipinski definition) is 9. The van der Waals surface area contributed by atoms with E-state index < -0.39 is 17.7 Å². The molecule has 1 N–H and O–H groups in total. The summed E-state index contributed by atoms with van der Waals surface area (Å²) in [7, 11) is 0. The van der Waals surface area contributed by atoms with Crippen LogP contribution in [0.25, 0.3) is 11.1 Å². The molecule has 2 unspecified atom stereocenters. The summed E-state index contributed by atoms with van der Waals surface area (Å²) in [4.78, 5) is 34.6. The molecule has 6 heterocycles. The number of benzene rings is 1. The van der Waals surface area contributed by atoms with Crippen LogP contribution < -0.4 is 14.7 Å². The van der Waals surface area contributed by atoms with E-state index in [0.29, 0.717) is 11.3 Å². The molecular formula is C39H52N6O4. The van der Waals surface area contributed by atoms with Gasteiger partial charge in [0.1, 0.15) is 5.82 Å². The van der Waals surface area contributed by atoms with E-state index in [1.807, 2.05) is 40.0 Å². The van der Waals surface area contributed by atoms with Gasteiger partial charge < -0.3 is 29.3 Å². The second kappa shape index (κ2) is 12.8. The third-order valence-electron chi connectivity index (χ3n) is 10.8. The van der Waals surface area contributed by atoms with Crippen LogP contribution in [0.1, 0.15) is 94.5 Å². The molecule has 4 aliphatic rings. The molecule has 49 heavy (non-hydrogen) atoms. The largest absolute Gasteiger partial charge is 0.479 e. The number of piperidine rings is 1. The number of carboxylic acids is 1. The predicted molar refractivity (Wildman–Crippen MR) is 192 cm³/mol. The molecule has 7 rings (SSSR count). The second-order valence-electron chi connectivity index (χ2n) is 16.3. The van der Waals surface area contributed by atoms with E-state index in [1.54, 1.807) is 0 Å². The Hall–Kier alpha value is -3.76. The molecule has 2 bridgehead atoms. The summed E-state index contributed by atoms with van der Waals surface area (Å²) in [6.45, 7) is 19.4. The molecule has 0 aliphatic carbocycles. The van der Waals surface area contributed by atoms with Crippen molar-refractivity contribution in [2.75, 3.05) is 47.4 Å². The van der Waals surface area contributed by atoms with Crippen LogP contribution in [0.3, 0.4) is 0 Å². The first kappa shape index (κ1) is 33.7. The molecule has 3 fully saturated rings. The van der Waals surface area contributed by atoms with Gasteiger partial charge in [-0.3, -0.25) is 4.98 Å². The molecule has 262 valence electrons. The highest BCUT2D eigenvalue weighted by Gasteiger charge is 2.37. The molecule has 3 atom stereocenters. The number of hydrogen-bond donors (Lipinski definition) is 1. The number of aliphatic carboxylic acids is 1. The van der Waals surface area contributed by atoms with E-state index in [-0.39, 0.29) is 17.6 Å². The Morgan fingerprint density at radius 2 is 1.67 bits per heavy atom. The van der Waals surface area contributed by atoms with Crippen LogP contribution in [0.4, 0.5) is 17.5 Å². The van der Waals surface area contributed by atoms with Gasteiger partial charge in [-0.15, -0.1) is 0 Å². The lowest BCUT2D eigenvalue weighted by atomic mass is 9.81. The molecule has 10 nitrogen and oxygen atoms in total. The lowest BCUT2D eigenvalue weighted by Gasteiger charge is -2.41. The Morgan fingerprint density at radius 3 is 2.35 bits per heavy atom. The van der Waals surface area contributed by atoms with Crippen LogP contribution in [0.2, 0.25) is 0 Å². The molecule has 3 aromatic rings. The average molecular weight is 669 g/mol. The summed E-state index contributed by atoms with van der Waals surface area (Å²) in [6.07, 6.45) is 6.50. The number of anilines is 3. The van der Waals surface area contributed by atoms with E-state index in [2.05, 4.69) is 58.7 Å². The van der Waals surface area contributed by atoms with Crippen molar-refractivity contribution in [1.82, 2.24) is 15.0 Å². The van der Waals surface area contributed by atoms with E-state index in [4.69, 9.17) is 19.4 Å². The fourth-order valence-electron chi connectivity index (χ4n) is 8.10. The molecular weight excluding hydrogens is 616 g/mol. The number of ether oxygens (including phenoxy) is 2. The zero-order valence-corrected chi connectivity index (χ0v) is 30.3. The summed E-state index contributed by atoms with van der Waals surface area (Å²) in [5.41, 5.74) is 7.50. The Morgan fingerprint density at radius 1 is 0.959 bits per heavy atom. The zero-order valence-electron chi connectivity index (χ0n) is 30.3. The van der Waals surface area contributed by atoms with Crippen LogP contribution in [0, 0.1) is 19.3 Å². The molecule has 0 amide bonds. The Kier molecular flexibility index (Phi) is 8.84. The van der Waals surface area contributed by atoms with E-state index in [1.165, 1.54) is 11.1 Å². The highest BCUT2D eigenvalue weighted by Crippen LogP contribution is 2.45. The van der Waals surface area contributed by atoms with Crippen LogP contribution >= 0.6 is 0 Å². The van der Waals surface area contributed by atoms with Gasteiger partial charge in [-0.1, -0.05) is 32.0 Å². The fourth-order valence-corrected chi connectivity index (χ4v) is 8.10. The minimum atomic E-state index is -1.13. The zero-order chi connectivity index (χ0) is 34.7. The maximum Gasteiger partial charge on any atom is 0.337 e. The maximum atomic E-state index is 12.9. The van der Waals surface area contributed by atoms with Gasteiger partial charge in [0.05, 0.1) is 23.5 Å². The summed E-state index contributed by atoms with van der Waals surface area (Å²) < 4.78 is 12.3. The fraction of sp³-hybridized carbons (Fsp3) is 0.590. The third kappa shape index (κ3) is 6.99. The number of carboxylic acid groups (broad SMARTS) is 1. The van der Waals surface area contributed by atoms with Crippen LogP contribution in [0.15, 0.2) is 30.5 Å². The predicted octanol–water partition coefficient (Wildman–Crippen LogP) is 6.65. The van der Waals surface area contributed by atoms with Gasteiger partial charge >= 0.3 is 5.97 Å². The highest BCUT2D eigenvalue weighted by atomic mass is 16.5. The van der Waals surface area contributed by atoms with Gasteiger partial charge in [-0.2, -0.15) is 4.98 Å². The minimum absolute atomic E-state index is 0.242. The van der Waals surface area contributed by atoms with Gasteiger partial charge in [-0.25, -0.2) is 9.78 Å². The highest BCUT2D eigenvalue weighted by molar-refractivity contribution is 5.88. The Labute approximate surface area is 290 Å².